The molecule has 3 nitrogen and oxygen atoms in total. The summed E-state index contributed by atoms with van der Waals surface area (Å²) >= 11 is 17.9. The smallest absolute Gasteiger partial charge is 0.335 e. The minimum absolute atomic E-state index is 0.0102. The molecule has 0 N–H and O–H groups in total. The molecular weight excluding hydrogens is 515 g/mol. The minimum atomic E-state index is -4.62. The summed E-state index contributed by atoms with van der Waals surface area (Å²) in [6, 6.07) is 8.57. The molecule has 2 aliphatic rings. The van der Waals surface area contributed by atoms with Crippen LogP contribution in [0, 0.1) is 5.92 Å². The largest absolute Gasteiger partial charge is 0.400 e. The number of likely N-dealkylation sites (tertiary alicyclic amines) is 1. The summed E-state index contributed by atoms with van der Waals surface area (Å²) in [4.78, 5) is 17.7. The lowest BCUT2D eigenvalue weighted by molar-refractivity contribution is -0.183. The Morgan fingerprint density at radius 1 is 1.03 bits per heavy atom. The van der Waals surface area contributed by atoms with Gasteiger partial charge in [0.1, 0.15) is 5.41 Å². The maximum absolute atomic E-state index is 15.2. The number of alkyl halides is 4. The summed E-state index contributed by atoms with van der Waals surface area (Å²) in [6.07, 6.45) is -5.04. The Hall–Kier alpha value is -1.83. The normalized spacial score (nSPS) is 22.1. The van der Waals surface area contributed by atoms with Gasteiger partial charge in [-0.2, -0.15) is 13.2 Å². The number of benzene rings is 2. The van der Waals surface area contributed by atoms with Crippen molar-refractivity contribution in [1.82, 2.24) is 4.90 Å². The average Bonchev–Trinajstić information content (AvgIpc) is 3.21. The SMILES string of the molecule is CC(C)C(=O)N1CC(F)(c2ccc(C3=NCC(c4cc(Cl)c(Cl)c(Cl)c4)(C(F)(F)F)C3)cc2)C1. The first-order chi connectivity index (χ1) is 15.8. The number of amides is 1. The Labute approximate surface area is 209 Å². The van der Waals surface area contributed by atoms with Gasteiger partial charge in [-0.3, -0.25) is 9.79 Å². The van der Waals surface area contributed by atoms with Crippen LogP contribution in [-0.4, -0.2) is 42.3 Å². The Bertz CT molecular complexity index is 1130. The molecule has 2 aliphatic heterocycles. The molecule has 1 fully saturated rings. The topological polar surface area (TPSA) is 32.7 Å². The lowest BCUT2D eigenvalue weighted by Gasteiger charge is -2.45. The quantitative estimate of drug-likeness (QED) is 0.306. The van der Waals surface area contributed by atoms with Gasteiger partial charge in [-0.25, -0.2) is 4.39 Å². The second-order valence-corrected chi connectivity index (χ2v) is 10.4. The highest BCUT2D eigenvalue weighted by molar-refractivity contribution is 6.48. The van der Waals surface area contributed by atoms with E-state index in [0.29, 0.717) is 11.1 Å². The second-order valence-electron chi connectivity index (χ2n) is 9.17. The Kier molecular flexibility index (Phi) is 6.45. The van der Waals surface area contributed by atoms with E-state index in [9.17, 15) is 18.0 Å². The number of carbonyl (C=O) groups is 1. The third kappa shape index (κ3) is 4.20. The molecule has 1 amide bonds. The Morgan fingerprint density at radius 2 is 1.59 bits per heavy atom. The van der Waals surface area contributed by atoms with Crippen LogP contribution < -0.4 is 0 Å². The lowest BCUT2D eigenvalue weighted by atomic mass is 9.76. The number of nitrogens with zero attached hydrogens (tertiary/aromatic N) is 2. The predicted molar refractivity (Wildman–Crippen MR) is 126 cm³/mol. The van der Waals surface area contributed by atoms with Gasteiger partial charge >= 0.3 is 6.18 Å². The maximum atomic E-state index is 15.2. The lowest BCUT2D eigenvalue weighted by Crippen LogP contribution is -2.59. The molecule has 0 spiro atoms. The van der Waals surface area contributed by atoms with E-state index in [2.05, 4.69) is 4.99 Å². The summed E-state index contributed by atoms with van der Waals surface area (Å²) in [5.41, 5.74) is -2.98. The number of hydrogen-bond donors (Lipinski definition) is 0. The van der Waals surface area contributed by atoms with E-state index in [4.69, 9.17) is 34.8 Å². The maximum Gasteiger partial charge on any atom is 0.400 e. The van der Waals surface area contributed by atoms with Crippen LogP contribution in [0.15, 0.2) is 41.4 Å². The summed E-state index contributed by atoms with van der Waals surface area (Å²) in [5, 5.41) is -0.141. The van der Waals surface area contributed by atoms with E-state index in [1.165, 1.54) is 17.0 Å². The number of aliphatic imine (C=N–C) groups is 1. The van der Waals surface area contributed by atoms with E-state index in [-0.39, 0.29) is 51.3 Å². The molecule has 1 atom stereocenters. The van der Waals surface area contributed by atoms with Gasteiger partial charge in [-0.1, -0.05) is 72.9 Å². The molecule has 4 rings (SSSR count). The second kappa shape index (κ2) is 8.68. The van der Waals surface area contributed by atoms with E-state index in [1.807, 2.05) is 0 Å². The number of hydrogen-bond acceptors (Lipinski definition) is 2. The van der Waals surface area contributed by atoms with Crippen molar-refractivity contribution in [1.29, 1.82) is 0 Å². The van der Waals surface area contributed by atoms with Crippen molar-refractivity contribution in [2.75, 3.05) is 19.6 Å². The number of halogens is 7. The Morgan fingerprint density at radius 3 is 2.09 bits per heavy atom. The van der Waals surface area contributed by atoms with Crippen LogP contribution in [-0.2, 0) is 15.9 Å². The van der Waals surface area contributed by atoms with Gasteiger partial charge in [0.15, 0.2) is 5.67 Å². The molecule has 2 aromatic carbocycles. The van der Waals surface area contributed by atoms with Gasteiger partial charge < -0.3 is 4.90 Å². The summed E-state index contributed by atoms with van der Waals surface area (Å²) in [7, 11) is 0. The molecule has 2 aromatic rings. The van der Waals surface area contributed by atoms with Gasteiger partial charge in [0.25, 0.3) is 0 Å². The summed E-state index contributed by atoms with van der Waals surface area (Å²) in [6.45, 7) is 2.90. The fourth-order valence-electron chi connectivity index (χ4n) is 4.42. The molecule has 0 saturated carbocycles. The predicted octanol–water partition coefficient (Wildman–Crippen LogP) is 7.00. The molecule has 0 aromatic heterocycles. The highest BCUT2D eigenvalue weighted by Crippen LogP contribution is 2.50. The van der Waals surface area contributed by atoms with Gasteiger partial charge in [-0.05, 0) is 28.8 Å². The third-order valence-electron chi connectivity index (χ3n) is 6.51. The van der Waals surface area contributed by atoms with Crippen molar-refractivity contribution in [2.45, 2.75) is 37.5 Å². The monoisotopic (exact) mass is 534 g/mol. The molecule has 10 heteroatoms. The van der Waals surface area contributed by atoms with Crippen LogP contribution >= 0.6 is 34.8 Å². The zero-order valence-electron chi connectivity index (χ0n) is 18.3. The van der Waals surface area contributed by atoms with Crippen molar-refractivity contribution in [3.63, 3.8) is 0 Å². The third-order valence-corrected chi connectivity index (χ3v) is 7.71. The zero-order valence-corrected chi connectivity index (χ0v) is 20.6. The first kappa shape index (κ1) is 25.3. The number of carbonyl (C=O) groups excluding carboxylic acids is 1. The molecule has 34 heavy (non-hydrogen) atoms. The summed E-state index contributed by atoms with van der Waals surface area (Å²) in [5.74, 6) is -0.331. The van der Waals surface area contributed by atoms with Crippen LogP contribution in [0.25, 0.3) is 0 Å². The molecular formula is C24H21Cl3F4N2O. The first-order valence-corrected chi connectivity index (χ1v) is 11.7. The highest BCUT2D eigenvalue weighted by atomic mass is 35.5. The van der Waals surface area contributed by atoms with Crippen LogP contribution in [0.1, 0.15) is 37.0 Å². The fraction of sp³-hybridized carbons (Fsp3) is 0.417. The van der Waals surface area contributed by atoms with Crippen LogP contribution in [0.2, 0.25) is 15.1 Å². The molecule has 182 valence electrons. The van der Waals surface area contributed by atoms with Crippen LogP contribution in [0.4, 0.5) is 17.6 Å². The molecule has 0 bridgehead atoms. The fourth-order valence-corrected chi connectivity index (χ4v) is 5.02. The Balaban J connectivity index is 1.56. The van der Waals surface area contributed by atoms with E-state index in [1.54, 1.807) is 38.1 Å². The number of rotatable bonds is 4. The zero-order chi connectivity index (χ0) is 25.1. The minimum Gasteiger partial charge on any atom is -0.335 e. The average molecular weight is 536 g/mol. The van der Waals surface area contributed by atoms with E-state index < -0.39 is 30.2 Å². The van der Waals surface area contributed by atoms with E-state index in [0.717, 1.165) is 0 Å². The molecule has 0 aliphatic carbocycles. The van der Waals surface area contributed by atoms with Crippen LogP contribution in [0.5, 0.6) is 0 Å². The standard InChI is InChI=1S/C24H21Cl3F4N2O/c1-13(2)21(34)33-11-23(28,12-33)15-5-3-14(4-6-15)19-9-22(10-32-19,24(29,30)31)16-7-17(25)20(27)18(26)8-16/h3-8,13H,9-12H2,1-2H3. The van der Waals surface area contributed by atoms with E-state index >= 15 is 4.39 Å². The molecule has 1 saturated heterocycles. The highest BCUT2D eigenvalue weighted by Gasteiger charge is 2.58. The van der Waals surface area contributed by atoms with Gasteiger partial charge in [-0.15, -0.1) is 0 Å². The summed E-state index contributed by atoms with van der Waals surface area (Å²) < 4.78 is 58.2. The van der Waals surface area contributed by atoms with Crippen LogP contribution in [0.3, 0.4) is 0 Å². The molecule has 0 radical (unpaired) electrons. The first-order valence-electron chi connectivity index (χ1n) is 10.6. The van der Waals surface area contributed by atoms with Crippen molar-refractivity contribution in [3.8, 4) is 0 Å². The van der Waals surface area contributed by atoms with Gasteiger partial charge in [0.05, 0.1) is 34.7 Å². The molecule has 2 heterocycles. The van der Waals surface area contributed by atoms with Gasteiger partial charge in [0.2, 0.25) is 5.91 Å². The van der Waals surface area contributed by atoms with Crippen molar-refractivity contribution < 1.29 is 22.4 Å². The van der Waals surface area contributed by atoms with Crippen molar-refractivity contribution >= 4 is 46.4 Å². The van der Waals surface area contributed by atoms with Crippen molar-refractivity contribution in [3.05, 3.63) is 68.2 Å². The van der Waals surface area contributed by atoms with Gasteiger partial charge in [0, 0.05) is 18.1 Å². The molecule has 1 unspecified atom stereocenters. The van der Waals surface area contributed by atoms with Crippen molar-refractivity contribution in [2.24, 2.45) is 10.9 Å².